The van der Waals surface area contributed by atoms with Crippen LogP contribution >= 0.6 is 0 Å². The van der Waals surface area contributed by atoms with Crippen molar-refractivity contribution in [2.75, 3.05) is 6.61 Å². The lowest BCUT2D eigenvalue weighted by Crippen LogP contribution is -2.19. The van der Waals surface area contributed by atoms with E-state index in [4.69, 9.17) is 9.47 Å². The Hall–Kier alpha value is -1.84. The van der Waals surface area contributed by atoms with Gasteiger partial charge in [-0.1, -0.05) is 96.4 Å². The van der Waals surface area contributed by atoms with E-state index in [0.29, 0.717) is 6.61 Å². The first-order valence-electron chi connectivity index (χ1n) is 11.8. The van der Waals surface area contributed by atoms with Gasteiger partial charge in [0, 0.05) is 5.57 Å². The van der Waals surface area contributed by atoms with E-state index in [1.807, 2.05) is 19.1 Å². The molecule has 0 aliphatic heterocycles. The summed E-state index contributed by atoms with van der Waals surface area (Å²) in [5.41, 5.74) is 1.06. The molecule has 0 aromatic rings. The zero-order valence-corrected chi connectivity index (χ0v) is 19.7. The fourth-order valence-corrected chi connectivity index (χ4v) is 3.02. The van der Waals surface area contributed by atoms with E-state index in [2.05, 4.69) is 27.0 Å². The number of hydrogen-bond acceptors (Lipinski definition) is 4. The van der Waals surface area contributed by atoms with Crippen molar-refractivity contribution < 1.29 is 19.1 Å². The number of carbonyl (C=O) groups excluding carboxylic acids is 2. The lowest BCUT2D eigenvalue weighted by molar-refractivity contribution is -0.149. The van der Waals surface area contributed by atoms with E-state index in [9.17, 15) is 9.59 Å². The number of esters is 2. The van der Waals surface area contributed by atoms with Crippen molar-refractivity contribution in [3.05, 3.63) is 36.5 Å². The van der Waals surface area contributed by atoms with Crippen LogP contribution in [0.1, 0.15) is 104 Å². The van der Waals surface area contributed by atoms with Crippen LogP contribution in [0.5, 0.6) is 0 Å². The van der Waals surface area contributed by atoms with Crippen molar-refractivity contribution in [3.8, 4) is 0 Å². The summed E-state index contributed by atoms with van der Waals surface area (Å²) in [6.45, 7) is 14.2. The summed E-state index contributed by atoms with van der Waals surface area (Å²) in [5.74, 6) is -0.949. The van der Waals surface area contributed by atoms with Crippen LogP contribution < -0.4 is 0 Å². The van der Waals surface area contributed by atoms with Crippen LogP contribution in [0, 0.1) is 0 Å². The van der Waals surface area contributed by atoms with Crippen molar-refractivity contribution in [2.45, 2.75) is 110 Å². The molecule has 0 amide bonds. The van der Waals surface area contributed by atoms with Crippen LogP contribution in [0.2, 0.25) is 0 Å². The predicted octanol–water partition coefficient (Wildman–Crippen LogP) is 7.24. The monoisotopic (exact) mass is 420 g/mol. The Morgan fingerprint density at radius 3 is 2.03 bits per heavy atom. The number of carbonyl (C=O) groups is 2. The molecule has 0 saturated carbocycles. The summed E-state index contributed by atoms with van der Waals surface area (Å²) in [4.78, 5) is 24.3. The molecule has 4 nitrogen and oxygen atoms in total. The normalized spacial score (nSPS) is 12.0. The van der Waals surface area contributed by atoms with Crippen LogP contribution in [-0.4, -0.2) is 24.6 Å². The molecule has 0 saturated heterocycles. The maximum atomic E-state index is 12.3. The topological polar surface area (TPSA) is 52.6 Å². The zero-order chi connectivity index (χ0) is 22.6. The van der Waals surface area contributed by atoms with Gasteiger partial charge in [0.1, 0.15) is 6.10 Å². The van der Waals surface area contributed by atoms with Crippen LogP contribution in [-0.2, 0) is 19.1 Å². The average Bonchev–Trinajstić information content (AvgIpc) is 2.70. The molecule has 0 radical (unpaired) electrons. The van der Waals surface area contributed by atoms with E-state index < -0.39 is 11.9 Å². The van der Waals surface area contributed by atoms with Crippen LogP contribution in [0.4, 0.5) is 0 Å². The molecule has 0 rings (SSSR count). The minimum Gasteiger partial charge on any atom is -0.462 e. The lowest BCUT2D eigenvalue weighted by atomic mass is 10.1. The van der Waals surface area contributed by atoms with Gasteiger partial charge in [0.05, 0.1) is 13.0 Å². The molecule has 1 unspecified atom stereocenters. The summed E-state index contributed by atoms with van der Waals surface area (Å²) < 4.78 is 10.8. The molecule has 0 aliphatic rings. The molecule has 0 fully saturated rings. The highest BCUT2D eigenvalue weighted by molar-refractivity contribution is 5.93. The van der Waals surface area contributed by atoms with Gasteiger partial charge < -0.3 is 9.47 Å². The SMILES string of the molecule is C=C(C)/C=C/C(CCCCCCC)OC(=O)CC(=C)C(=O)OCCCCCCCC. The molecule has 0 spiro atoms. The van der Waals surface area contributed by atoms with Gasteiger partial charge in [-0.3, -0.25) is 4.79 Å². The largest absolute Gasteiger partial charge is 0.462 e. The van der Waals surface area contributed by atoms with E-state index in [0.717, 1.165) is 44.1 Å². The molecule has 0 N–H and O–H groups in total. The van der Waals surface area contributed by atoms with Gasteiger partial charge in [0.15, 0.2) is 0 Å². The van der Waals surface area contributed by atoms with Crippen molar-refractivity contribution in [3.63, 3.8) is 0 Å². The minimum absolute atomic E-state index is 0.136. The molecular formula is C26H44O4. The van der Waals surface area contributed by atoms with Gasteiger partial charge in [-0.25, -0.2) is 4.79 Å². The standard InChI is InChI=1S/C26H44O4/c1-6-8-10-12-14-16-20-29-26(28)23(5)21-25(27)30-24(19-18-22(3)4)17-15-13-11-9-7-2/h18-19,24H,3,5-17,20-21H2,1-2,4H3/b19-18+. The zero-order valence-electron chi connectivity index (χ0n) is 19.7. The van der Waals surface area contributed by atoms with Crippen molar-refractivity contribution in [1.29, 1.82) is 0 Å². The van der Waals surface area contributed by atoms with Gasteiger partial charge in [-0.15, -0.1) is 0 Å². The van der Waals surface area contributed by atoms with Gasteiger partial charge in [-0.05, 0) is 32.3 Å². The van der Waals surface area contributed by atoms with Crippen molar-refractivity contribution >= 4 is 11.9 Å². The molecule has 172 valence electrons. The second-order valence-corrected chi connectivity index (χ2v) is 8.12. The lowest BCUT2D eigenvalue weighted by Gasteiger charge is -2.15. The summed E-state index contributed by atoms with van der Waals surface area (Å²) in [5, 5.41) is 0. The molecule has 0 aromatic carbocycles. The first-order valence-corrected chi connectivity index (χ1v) is 11.8. The first kappa shape index (κ1) is 28.2. The summed E-state index contributed by atoms with van der Waals surface area (Å²) in [7, 11) is 0. The van der Waals surface area contributed by atoms with E-state index in [1.54, 1.807) is 0 Å². The molecule has 0 heterocycles. The highest BCUT2D eigenvalue weighted by Crippen LogP contribution is 2.14. The number of hydrogen-bond donors (Lipinski definition) is 0. The van der Waals surface area contributed by atoms with E-state index in [-0.39, 0.29) is 18.1 Å². The Bertz CT molecular complexity index is 533. The molecule has 4 heteroatoms. The van der Waals surface area contributed by atoms with Crippen LogP contribution in [0.3, 0.4) is 0 Å². The van der Waals surface area contributed by atoms with Crippen molar-refractivity contribution in [1.82, 2.24) is 0 Å². The quantitative estimate of drug-likeness (QED) is 0.0956. The first-order chi connectivity index (χ1) is 14.4. The smallest absolute Gasteiger partial charge is 0.333 e. The Labute approximate surface area is 184 Å². The number of allylic oxidation sites excluding steroid dienone is 2. The summed E-state index contributed by atoms with van der Waals surface area (Å²) >= 11 is 0. The maximum Gasteiger partial charge on any atom is 0.333 e. The van der Waals surface area contributed by atoms with E-state index >= 15 is 0 Å². The minimum atomic E-state index is -0.505. The van der Waals surface area contributed by atoms with E-state index in [1.165, 1.54) is 38.5 Å². The average molecular weight is 421 g/mol. The molecule has 0 bridgehead atoms. The summed E-state index contributed by atoms with van der Waals surface area (Å²) in [6.07, 6.45) is 16.6. The second kappa shape index (κ2) is 19.1. The summed E-state index contributed by atoms with van der Waals surface area (Å²) in [6, 6.07) is 0. The Kier molecular flexibility index (Phi) is 18.0. The fraction of sp³-hybridized carbons (Fsp3) is 0.692. The molecule has 1 atom stereocenters. The fourth-order valence-electron chi connectivity index (χ4n) is 3.02. The Morgan fingerprint density at radius 1 is 0.867 bits per heavy atom. The predicted molar refractivity (Wildman–Crippen MR) is 125 cm³/mol. The number of unbranched alkanes of at least 4 members (excludes halogenated alkanes) is 9. The third kappa shape index (κ3) is 17.1. The number of ether oxygens (including phenoxy) is 2. The second-order valence-electron chi connectivity index (χ2n) is 8.12. The molecule has 30 heavy (non-hydrogen) atoms. The van der Waals surface area contributed by atoms with Crippen molar-refractivity contribution in [2.24, 2.45) is 0 Å². The highest BCUT2D eigenvalue weighted by atomic mass is 16.5. The van der Waals surface area contributed by atoms with Crippen LogP contribution in [0.25, 0.3) is 0 Å². The maximum absolute atomic E-state index is 12.3. The van der Waals surface area contributed by atoms with Gasteiger partial charge in [-0.2, -0.15) is 0 Å². The number of rotatable bonds is 19. The Morgan fingerprint density at radius 2 is 1.43 bits per heavy atom. The molecule has 0 aromatic heterocycles. The molecule has 0 aliphatic carbocycles. The van der Waals surface area contributed by atoms with Gasteiger partial charge >= 0.3 is 11.9 Å². The third-order valence-corrected chi connectivity index (χ3v) is 4.85. The molecular weight excluding hydrogens is 376 g/mol. The van der Waals surface area contributed by atoms with Gasteiger partial charge in [0.25, 0.3) is 0 Å². The van der Waals surface area contributed by atoms with Gasteiger partial charge in [0.2, 0.25) is 0 Å². The van der Waals surface area contributed by atoms with Crippen LogP contribution in [0.15, 0.2) is 36.5 Å². The third-order valence-electron chi connectivity index (χ3n) is 4.85. The Balaban J connectivity index is 4.27. The highest BCUT2D eigenvalue weighted by Gasteiger charge is 2.17.